The number of halogens is 2. The second-order valence-corrected chi connectivity index (χ2v) is 7.52. The summed E-state index contributed by atoms with van der Waals surface area (Å²) in [5.74, 6) is -1.51. The predicted molar refractivity (Wildman–Crippen MR) is 109 cm³/mol. The number of nitrogens with one attached hydrogen (secondary N) is 3. The minimum atomic E-state index is -3.74. The summed E-state index contributed by atoms with van der Waals surface area (Å²) < 4.78 is 39.0. The number of aryl methyl sites for hydroxylation is 1. The number of fused-ring (bicyclic) bond motifs is 2. The molecule has 10 nitrogen and oxygen atoms in total. The van der Waals surface area contributed by atoms with E-state index in [2.05, 4.69) is 39.4 Å². The van der Waals surface area contributed by atoms with Crippen molar-refractivity contribution in [3.05, 3.63) is 53.3 Å². The lowest BCUT2D eigenvalue weighted by Crippen LogP contribution is -2.25. The number of carbonyl (C=O) groups is 2. The van der Waals surface area contributed by atoms with Crippen molar-refractivity contribution in [2.75, 3.05) is 10.6 Å². The van der Waals surface area contributed by atoms with Gasteiger partial charge in [0.25, 0.3) is 11.8 Å². The zero-order chi connectivity index (χ0) is 22.5. The fourth-order valence-corrected chi connectivity index (χ4v) is 3.48. The standard InChI is InChI=1S/C19H12F2N6O4S/c1-8-2-4-9(5-3-8)15(28)26-18-24-14(27-32-18)16(29)25-17-22-10-6-12-13(7-11(10)23-17)31-19(20,21)30-12/h2-7H,1H3,(H2,22,23,25,29)(H,24,26,27,28). The van der Waals surface area contributed by atoms with Crippen LogP contribution in [0.2, 0.25) is 0 Å². The first-order valence-corrected chi connectivity index (χ1v) is 9.86. The van der Waals surface area contributed by atoms with Crippen LogP contribution in [0.25, 0.3) is 11.0 Å². The Morgan fingerprint density at radius 3 is 2.50 bits per heavy atom. The van der Waals surface area contributed by atoms with Crippen LogP contribution in [0.5, 0.6) is 11.5 Å². The maximum Gasteiger partial charge on any atom is 0.586 e. The van der Waals surface area contributed by atoms with Crippen LogP contribution in [0.4, 0.5) is 19.9 Å². The normalized spacial score (nSPS) is 13.8. The van der Waals surface area contributed by atoms with Crippen molar-refractivity contribution in [1.82, 2.24) is 19.3 Å². The summed E-state index contributed by atoms with van der Waals surface area (Å²) in [5.41, 5.74) is 2.08. The number of hydrogen-bond acceptors (Lipinski definition) is 8. The molecule has 2 aromatic heterocycles. The van der Waals surface area contributed by atoms with Gasteiger partial charge in [-0.15, -0.1) is 8.78 Å². The van der Waals surface area contributed by atoms with E-state index >= 15 is 0 Å². The van der Waals surface area contributed by atoms with E-state index in [-0.39, 0.29) is 39.8 Å². The molecule has 5 rings (SSSR count). The molecule has 0 atom stereocenters. The van der Waals surface area contributed by atoms with Crippen molar-refractivity contribution in [2.45, 2.75) is 13.2 Å². The van der Waals surface area contributed by atoms with E-state index in [1.807, 2.05) is 6.92 Å². The molecule has 1 aliphatic rings. The lowest BCUT2D eigenvalue weighted by molar-refractivity contribution is -0.286. The van der Waals surface area contributed by atoms with Crippen LogP contribution in [0.1, 0.15) is 26.5 Å². The number of aromatic amines is 1. The highest BCUT2D eigenvalue weighted by molar-refractivity contribution is 7.10. The number of alkyl halides is 2. The van der Waals surface area contributed by atoms with Gasteiger partial charge in [0.2, 0.25) is 16.9 Å². The molecule has 0 spiro atoms. The Labute approximate surface area is 181 Å². The number of imidazole rings is 1. The van der Waals surface area contributed by atoms with Crippen LogP contribution < -0.4 is 20.1 Å². The highest BCUT2D eigenvalue weighted by Crippen LogP contribution is 2.42. The summed E-state index contributed by atoms with van der Waals surface area (Å²) in [6, 6.07) is 9.51. The van der Waals surface area contributed by atoms with Gasteiger partial charge in [-0.2, -0.15) is 9.36 Å². The first-order valence-electron chi connectivity index (χ1n) is 9.08. The number of amides is 2. The van der Waals surface area contributed by atoms with Crippen molar-refractivity contribution >= 4 is 45.5 Å². The zero-order valence-corrected chi connectivity index (χ0v) is 16.9. The molecule has 3 N–H and O–H groups in total. The van der Waals surface area contributed by atoms with Crippen LogP contribution in [-0.4, -0.2) is 37.4 Å². The van der Waals surface area contributed by atoms with Gasteiger partial charge in [-0.3, -0.25) is 20.2 Å². The average molecular weight is 458 g/mol. The Kier molecular flexibility index (Phi) is 4.48. The number of anilines is 2. The third-order valence-corrected chi connectivity index (χ3v) is 5.03. The molecule has 0 saturated heterocycles. The number of rotatable bonds is 4. The Morgan fingerprint density at radius 1 is 1.03 bits per heavy atom. The summed E-state index contributed by atoms with van der Waals surface area (Å²) in [7, 11) is 0. The van der Waals surface area contributed by atoms with E-state index in [0.717, 1.165) is 17.1 Å². The number of benzene rings is 2. The van der Waals surface area contributed by atoms with Gasteiger partial charge in [0.1, 0.15) is 0 Å². The van der Waals surface area contributed by atoms with E-state index in [1.54, 1.807) is 24.3 Å². The molecule has 0 unspecified atom stereocenters. The Morgan fingerprint density at radius 2 is 1.75 bits per heavy atom. The molecular formula is C19H12F2N6O4S. The second kappa shape index (κ2) is 7.23. The highest BCUT2D eigenvalue weighted by Gasteiger charge is 2.43. The average Bonchev–Trinajstić information content (AvgIpc) is 3.41. The third kappa shape index (κ3) is 3.80. The first kappa shape index (κ1) is 19.8. The van der Waals surface area contributed by atoms with E-state index < -0.39 is 12.2 Å². The number of H-pyrrole nitrogens is 1. The molecule has 0 bridgehead atoms. The summed E-state index contributed by atoms with van der Waals surface area (Å²) in [4.78, 5) is 35.6. The van der Waals surface area contributed by atoms with E-state index in [1.165, 1.54) is 12.1 Å². The number of aromatic nitrogens is 4. The molecule has 32 heavy (non-hydrogen) atoms. The van der Waals surface area contributed by atoms with Gasteiger partial charge in [-0.05, 0) is 19.1 Å². The fourth-order valence-electron chi connectivity index (χ4n) is 2.92. The molecule has 13 heteroatoms. The van der Waals surface area contributed by atoms with Crippen LogP contribution in [0.3, 0.4) is 0 Å². The Balaban J connectivity index is 1.27. The number of hydrogen-bond donors (Lipinski definition) is 3. The Hall–Kier alpha value is -4.13. The van der Waals surface area contributed by atoms with E-state index in [0.29, 0.717) is 11.1 Å². The van der Waals surface area contributed by atoms with Crippen molar-refractivity contribution in [2.24, 2.45) is 0 Å². The smallest absolute Gasteiger partial charge is 0.395 e. The van der Waals surface area contributed by atoms with Gasteiger partial charge in [0.15, 0.2) is 11.5 Å². The Bertz CT molecular complexity index is 1320. The van der Waals surface area contributed by atoms with Gasteiger partial charge in [-0.25, -0.2) is 4.98 Å². The number of ether oxygens (including phenoxy) is 2. The highest BCUT2D eigenvalue weighted by atomic mass is 32.1. The summed E-state index contributed by atoms with van der Waals surface area (Å²) in [6.07, 6.45) is -3.74. The van der Waals surface area contributed by atoms with Gasteiger partial charge in [0, 0.05) is 29.2 Å². The quantitative estimate of drug-likeness (QED) is 0.426. The molecule has 2 aromatic carbocycles. The second-order valence-electron chi connectivity index (χ2n) is 6.77. The number of carbonyl (C=O) groups excluding carboxylic acids is 2. The molecule has 4 aromatic rings. The lowest BCUT2D eigenvalue weighted by Gasteiger charge is -2.04. The molecule has 0 fully saturated rings. The van der Waals surface area contributed by atoms with Crippen LogP contribution >= 0.6 is 11.5 Å². The lowest BCUT2D eigenvalue weighted by atomic mass is 10.1. The molecule has 1 aliphatic heterocycles. The van der Waals surface area contributed by atoms with Crippen molar-refractivity contribution in [3.63, 3.8) is 0 Å². The number of nitrogens with zero attached hydrogens (tertiary/aromatic N) is 3. The van der Waals surface area contributed by atoms with E-state index in [9.17, 15) is 18.4 Å². The molecule has 0 radical (unpaired) electrons. The van der Waals surface area contributed by atoms with E-state index in [4.69, 9.17) is 0 Å². The first-order chi connectivity index (χ1) is 15.3. The fraction of sp³-hybridized carbons (Fsp3) is 0.105. The molecule has 0 saturated carbocycles. The summed E-state index contributed by atoms with van der Waals surface area (Å²) in [5, 5.41) is 5.21. The maximum absolute atomic E-state index is 13.2. The SMILES string of the molecule is Cc1ccc(C(=O)Nc2nc(C(=O)Nc3nc4cc5c(cc4[nH]3)OC(F)(F)O5)ns2)cc1. The van der Waals surface area contributed by atoms with Gasteiger partial charge in [-0.1, -0.05) is 17.7 Å². The topological polar surface area (TPSA) is 131 Å². The molecule has 0 aliphatic carbocycles. The molecule has 162 valence electrons. The molecular weight excluding hydrogens is 446 g/mol. The monoisotopic (exact) mass is 458 g/mol. The largest absolute Gasteiger partial charge is 0.586 e. The predicted octanol–water partition coefficient (Wildman–Crippen LogP) is 3.55. The minimum Gasteiger partial charge on any atom is -0.395 e. The minimum absolute atomic E-state index is 0.0421. The van der Waals surface area contributed by atoms with Crippen molar-refractivity contribution in [1.29, 1.82) is 0 Å². The van der Waals surface area contributed by atoms with Gasteiger partial charge in [0.05, 0.1) is 11.0 Å². The third-order valence-electron chi connectivity index (χ3n) is 4.40. The maximum atomic E-state index is 13.2. The van der Waals surface area contributed by atoms with Crippen molar-refractivity contribution in [3.8, 4) is 11.5 Å². The van der Waals surface area contributed by atoms with Gasteiger partial charge < -0.3 is 14.5 Å². The van der Waals surface area contributed by atoms with Gasteiger partial charge >= 0.3 is 6.29 Å². The molecule has 2 amide bonds. The zero-order valence-electron chi connectivity index (χ0n) is 16.1. The van der Waals surface area contributed by atoms with Crippen LogP contribution in [-0.2, 0) is 0 Å². The van der Waals surface area contributed by atoms with Crippen LogP contribution in [0.15, 0.2) is 36.4 Å². The summed E-state index contributed by atoms with van der Waals surface area (Å²) in [6.45, 7) is 1.91. The van der Waals surface area contributed by atoms with Crippen molar-refractivity contribution < 1.29 is 27.8 Å². The van der Waals surface area contributed by atoms with Crippen LogP contribution in [0, 0.1) is 6.92 Å². The molecule has 3 heterocycles. The summed E-state index contributed by atoms with van der Waals surface area (Å²) >= 11 is 0.845.